The molecule has 0 aliphatic carbocycles. The van der Waals surface area contributed by atoms with Gasteiger partial charge in [-0.1, -0.05) is 40.2 Å². The number of carbonyl (C=O) groups excluding carboxylic acids is 1. The Kier molecular flexibility index (Phi) is 6.09. The normalized spacial score (nSPS) is 15.3. The maximum absolute atomic E-state index is 13.0. The van der Waals surface area contributed by atoms with Crippen LogP contribution in [-0.4, -0.2) is 43.6 Å². The third-order valence-corrected chi connectivity index (χ3v) is 7.95. The first kappa shape index (κ1) is 21.2. The Hall–Kier alpha value is -2.03. The summed E-state index contributed by atoms with van der Waals surface area (Å²) in [5.41, 5.74) is 2.30. The van der Waals surface area contributed by atoms with Gasteiger partial charge in [-0.25, -0.2) is 13.4 Å². The van der Waals surface area contributed by atoms with E-state index in [0.29, 0.717) is 19.0 Å². The summed E-state index contributed by atoms with van der Waals surface area (Å²) in [5.74, 6) is 0.0912. The average Bonchev–Trinajstić information content (AvgIpc) is 3.23. The van der Waals surface area contributed by atoms with Crippen molar-refractivity contribution in [3.8, 4) is 11.3 Å². The average molecular weight is 505 g/mol. The number of nitrogens with zero attached hydrogens (tertiary/aromatic N) is 2. The fraction of sp³-hybridized carbons (Fsp3) is 0.273. The van der Waals surface area contributed by atoms with Crippen molar-refractivity contribution in [2.24, 2.45) is 0 Å². The van der Waals surface area contributed by atoms with Crippen LogP contribution in [0.15, 0.2) is 63.3 Å². The second-order valence-electron chi connectivity index (χ2n) is 7.42. The molecule has 5 nitrogen and oxygen atoms in total. The molecule has 0 saturated carbocycles. The zero-order valence-corrected chi connectivity index (χ0v) is 19.6. The number of amides is 1. The van der Waals surface area contributed by atoms with Gasteiger partial charge in [-0.15, -0.1) is 11.3 Å². The van der Waals surface area contributed by atoms with E-state index in [2.05, 4.69) is 27.4 Å². The quantitative estimate of drug-likeness (QED) is 0.501. The van der Waals surface area contributed by atoms with Crippen LogP contribution in [-0.2, 0) is 9.84 Å². The first-order chi connectivity index (χ1) is 14.3. The SMILES string of the molecule is CS(=O)(=O)c1ccccc1C(=O)N1CCC(c2nc(-c3cccc(Br)c3)cs2)CC1. The maximum atomic E-state index is 13.0. The van der Waals surface area contributed by atoms with Crippen LogP contribution in [0.2, 0.25) is 0 Å². The van der Waals surface area contributed by atoms with Crippen molar-refractivity contribution in [2.75, 3.05) is 19.3 Å². The van der Waals surface area contributed by atoms with E-state index in [9.17, 15) is 13.2 Å². The van der Waals surface area contributed by atoms with Crippen molar-refractivity contribution in [1.29, 1.82) is 0 Å². The standard InChI is InChI=1S/C22H21BrN2O3S2/c1-30(27,28)20-8-3-2-7-18(20)22(26)25-11-9-15(10-12-25)21-24-19(14-29-21)16-5-4-6-17(23)13-16/h2-8,13-15H,9-12H2,1H3. The molecule has 156 valence electrons. The summed E-state index contributed by atoms with van der Waals surface area (Å²) >= 11 is 5.16. The monoisotopic (exact) mass is 504 g/mol. The highest BCUT2D eigenvalue weighted by molar-refractivity contribution is 9.10. The van der Waals surface area contributed by atoms with E-state index in [1.807, 2.05) is 18.2 Å². The Balaban J connectivity index is 1.46. The minimum atomic E-state index is -3.46. The number of sulfone groups is 1. The van der Waals surface area contributed by atoms with Gasteiger partial charge in [0.25, 0.3) is 5.91 Å². The van der Waals surface area contributed by atoms with Crippen LogP contribution in [0.3, 0.4) is 0 Å². The maximum Gasteiger partial charge on any atom is 0.255 e. The first-order valence-corrected chi connectivity index (χ1v) is 13.2. The summed E-state index contributed by atoms with van der Waals surface area (Å²) in [6.07, 6.45) is 2.77. The molecule has 1 fully saturated rings. The fourth-order valence-corrected chi connectivity index (χ4v) is 6.00. The molecular weight excluding hydrogens is 484 g/mol. The van der Waals surface area contributed by atoms with E-state index in [0.717, 1.165) is 39.8 Å². The lowest BCUT2D eigenvalue weighted by molar-refractivity contribution is 0.0709. The second kappa shape index (κ2) is 8.61. The Labute approximate surface area is 188 Å². The van der Waals surface area contributed by atoms with Crippen molar-refractivity contribution in [3.05, 3.63) is 69.0 Å². The first-order valence-electron chi connectivity index (χ1n) is 9.62. The number of likely N-dealkylation sites (tertiary alicyclic amines) is 1. The second-order valence-corrected chi connectivity index (χ2v) is 11.2. The number of aromatic nitrogens is 1. The lowest BCUT2D eigenvalue weighted by Gasteiger charge is -2.31. The molecule has 1 saturated heterocycles. The van der Waals surface area contributed by atoms with Crippen LogP contribution in [0.5, 0.6) is 0 Å². The Bertz CT molecular complexity index is 1180. The molecule has 1 aliphatic heterocycles. The number of rotatable bonds is 4. The van der Waals surface area contributed by atoms with Gasteiger partial charge in [-0.2, -0.15) is 0 Å². The molecule has 0 bridgehead atoms. The summed E-state index contributed by atoms with van der Waals surface area (Å²) in [6.45, 7) is 1.18. The summed E-state index contributed by atoms with van der Waals surface area (Å²) in [6, 6.07) is 14.5. The topological polar surface area (TPSA) is 67.3 Å². The summed E-state index contributed by atoms with van der Waals surface area (Å²) in [7, 11) is -3.46. The molecule has 8 heteroatoms. The highest BCUT2D eigenvalue weighted by Gasteiger charge is 2.28. The third kappa shape index (κ3) is 4.50. The van der Waals surface area contributed by atoms with Crippen molar-refractivity contribution in [2.45, 2.75) is 23.7 Å². The van der Waals surface area contributed by atoms with Gasteiger partial charge < -0.3 is 4.90 Å². The molecule has 30 heavy (non-hydrogen) atoms. The fourth-order valence-electron chi connectivity index (χ4n) is 3.72. The van der Waals surface area contributed by atoms with E-state index in [-0.39, 0.29) is 16.4 Å². The van der Waals surface area contributed by atoms with E-state index in [4.69, 9.17) is 4.98 Å². The molecule has 3 aromatic rings. The highest BCUT2D eigenvalue weighted by Crippen LogP contribution is 2.34. The number of hydrogen-bond donors (Lipinski definition) is 0. The lowest BCUT2D eigenvalue weighted by Crippen LogP contribution is -2.38. The molecule has 0 unspecified atom stereocenters. The molecule has 2 aromatic carbocycles. The molecule has 1 aliphatic rings. The van der Waals surface area contributed by atoms with Crippen molar-refractivity contribution in [3.63, 3.8) is 0 Å². The van der Waals surface area contributed by atoms with Gasteiger partial charge in [0.1, 0.15) is 0 Å². The van der Waals surface area contributed by atoms with Crippen molar-refractivity contribution >= 4 is 43.0 Å². The third-order valence-electron chi connectivity index (χ3n) is 5.29. The van der Waals surface area contributed by atoms with Crippen LogP contribution < -0.4 is 0 Å². The molecule has 0 atom stereocenters. The van der Waals surface area contributed by atoms with Crippen molar-refractivity contribution < 1.29 is 13.2 Å². The van der Waals surface area contributed by atoms with Gasteiger partial charge in [-0.05, 0) is 37.1 Å². The van der Waals surface area contributed by atoms with E-state index < -0.39 is 9.84 Å². The van der Waals surface area contributed by atoms with Gasteiger partial charge in [-0.3, -0.25) is 4.79 Å². The van der Waals surface area contributed by atoms with Crippen LogP contribution in [0.25, 0.3) is 11.3 Å². The molecule has 1 aromatic heterocycles. The molecule has 0 radical (unpaired) electrons. The molecular formula is C22H21BrN2O3S2. The number of thiazole rings is 1. The predicted molar refractivity (Wildman–Crippen MR) is 123 cm³/mol. The van der Waals surface area contributed by atoms with E-state index in [1.54, 1.807) is 34.4 Å². The molecule has 4 rings (SSSR count). The summed E-state index contributed by atoms with van der Waals surface area (Å²) in [4.78, 5) is 19.7. The number of piperidine rings is 1. The van der Waals surface area contributed by atoms with Crippen molar-refractivity contribution in [1.82, 2.24) is 9.88 Å². The zero-order chi connectivity index (χ0) is 21.3. The van der Waals surface area contributed by atoms with E-state index >= 15 is 0 Å². The Morgan fingerprint density at radius 3 is 2.57 bits per heavy atom. The lowest BCUT2D eigenvalue weighted by atomic mass is 9.97. The van der Waals surface area contributed by atoms with Crippen LogP contribution in [0.1, 0.15) is 34.1 Å². The number of halogens is 1. The van der Waals surface area contributed by atoms with Gasteiger partial charge in [0, 0.05) is 40.7 Å². The van der Waals surface area contributed by atoms with Gasteiger partial charge in [0.2, 0.25) is 0 Å². The highest BCUT2D eigenvalue weighted by atomic mass is 79.9. The van der Waals surface area contributed by atoms with Gasteiger partial charge >= 0.3 is 0 Å². The molecule has 1 amide bonds. The van der Waals surface area contributed by atoms with Crippen LogP contribution in [0.4, 0.5) is 0 Å². The predicted octanol–water partition coefficient (Wildman–Crippen LogP) is 5.00. The van der Waals surface area contributed by atoms with Gasteiger partial charge in [0.05, 0.1) is 21.2 Å². The largest absolute Gasteiger partial charge is 0.339 e. The number of carbonyl (C=O) groups is 1. The molecule has 2 heterocycles. The van der Waals surface area contributed by atoms with Crippen LogP contribution >= 0.6 is 27.3 Å². The molecule has 0 N–H and O–H groups in total. The van der Waals surface area contributed by atoms with E-state index in [1.165, 1.54) is 6.07 Å². The summed E-state index contributed by atoms with van der Waals surface area (Å²) in [5, 5.41) is 3.17. The zero-order valence-electron chi connectivity index (χ0n) is 16.4. The minimum absolute atomic E-state index is 0.0933. The smallest absolute Gasteiger partial charge is 0.255 e. The summed E-state index contributed by atoms with van der Waals surface area (Å²) < 4.78 is 25.1. The van der Waals surface area contributed by atoms with Crippen LogP contribution in [0, 0.1) is 0 Å². The Morgan fingerprint density at radius 2 is 1.87 bits per heavy atom. The number of benzene rings is 2. The Morgan fingerprint density at radius 1 is 1.13 bits per heavy atom. The molecule has 0 spiro atoms. The minimum Gasteiger partial charge on any atom is -0.339 e. The number of hydrogen-bond acceptors (Lipinski definition) is 5. The van der Waals surface area contributed by atoms with Gasteiger partial charge in [0.15, 0.2) is 9.84 Å².